The number of aromatic hydroxyl groups is 2. The van der Waals surface area contributed by atoms with Crippen LogP contribution in [0, 0.1) is 12.8 Å². The third-order valence-electron chi connectivity index (χ3n) is 5.44. The first kappa shape index (κ1) is 19.2. The van der Waals surface area contributed by atoms with Gasteiger partial charge in [-0.1, -0.05) is 23.8 Å². The molecule has 0 saturated heterocycles. The van der Waals surface area contributed by atoms with Crippen molar-refractivity contribution < 1.29 is 15.3 Å². The summed E-state index contributed by atoms with van der Waals surface area (Å²) in [5.74, 6) is 0.289. The Balaban J connectivity index is 2.05. The fraction of sp³-hybridized carbons (Fsp3) is 0.409. The summed E-state index contributed by atoms with van der Waals surface area (Å²) < 4.78 is 1.66. The predicted molar refractivity (Wildman–Crippen MR) is 107 cm³/mol. The fourth-order valence-electron chi connectivity index (χ4n) is 4.04. The highest BCUT2D eigenvalue weighted by molar-refractivity contribution is 5.71. The number of phenolic OH excluding ortho intramolecular Hbond substituents is 2. The molecule has 2 aromatic rings. The molecular formula is C22H28N2O3. The molecule has 0 aliphatic heterocycles. The van der Waals surface area contributed by atoms with Crippen molar-refractivity contribution in [3.63, 3.8) is 0 Å². The Morgan fingerprint density at radius 2 is 1.93 bits per heavy atom. The maximum atomic E-state index is 10.8. The number of hydrogen-bond acceptors (Lipinski definition) is 4. The lowest BCUT2D eigenvalue weighted by Gasteiger charge is -2.31. The average molecular weight is 368 g/mol. The van der Waals surface area contributed by atoms with E-state index in [0.717, 1.165) is 29.7 Å². The summed E-state index contributed by atoms with van der Waals surface area (Å²) in [7, 11) is 0. The third-order valence-corrected chi connectivity index (χ3v) is 5.44. The lowest BCUT2D eigenvalue weighted by Crippen LogP contribution is -2.17. The molecule has 0 saturated carbocycles. The van der Waals surface area contributed by atoms with Gasteiger partial charge in [0.15, 0.2) is 0 Å². The van der Waals surface area contributed by atoms with E-state index in [2.05, 4.69) is 24.7 Å². The van der Waals surface area contributed by atoms with E-state index >= 15 is 0 Å². The van der Waals surface area contributed by atoms with Crippen LogP contribution in [0.3, 0.4) is 0 Å². The zero-order chi connectivity index (χ0) is 19.7. The molecular weight excluding hydrogens is 340 g/mol. The molecule has 1 aliphatic carbocycles. The van der Waals surface area contributed by atoms with E-state index < -0.39 is 0 Å². The smallest absolute Gasteiger partial charge is 0.123 e. The zero-order valence-corrected chi connectivity index (χ0v) is 16.2. The van der Waals surface area contributed by atoms with E-state index in [0.29, 0.717) is 17.7 Å². The van der Waals surface area contributed by atoms with Crippen LogP contribution in [0.1, 0.15) is 43.9 Å². The first-order valence-electron chi connectivity index (χ1n) is 9.35. The number of allylic oxidation sites excluding steroid dienone is 3. The molecule has 1 aromatic heterocycles. The van der Waals surface area contributed by atoms with Gasteiger partial charge in [-0.25, -0.2) is 0 Å². The van der Waals surface area contributed by atoms with E-state index in [1.807, 2.05) is 20.0 Å². The summed E-state index contributed by atoms with van der Waals surface area (Å²) >= 11 is 0. The lowest BCUT2D eigenvalue weighted by molar-refractivity contribution is 0.269. The van der Waals surface area contributed by atoms with Gasteiger partial charge in [0.2, 0.25) is 0 Å². The fourth-order valence-corrected chi connectivity index (χ4v) is 4.04. The normalized spacial score (nSPS) is 19.8. The number of aliphatic hydroxyl groups excluding tert-OH is 1. The molecule has 0 spiro atoms. The Morgan fingerprint density at radius 3 is 2.52 bits per heavy atom. The molecule has 1 aromatic carbocycles. The predicted octanol–water partition coefficient (Wildman–Crippen LogP) is 4.28. The van der Waals surface area contributed by atoms with Gasteiger partial charge in [-0.2, -0.15) is 5.10 Å². The van der Waals surface area contributed by atoms with Gasteiger partial charge < -0.3 is 15.3 Å². The number of aryl methyl sites for hydroxylation is 1. The van der Waals surface area contributed by atoms with E-state index in [4.69, 9.17) is 5.11 Å². The standard InChI is InChI=1S/C22H28N2O3/c1-13(2)17-6-5-14(3)9-18(17)22-20(26)10-16(11-21(22)27)19-12-24(7-8-25)23-15(19)4/h9-12,17-18,25-27H,1,5-8H2,2-4H3/t17-,18+/m0/s1. The largest absolute Gasteiger partial charge is 0.507 e. The van der Waals surface area contributed by atoms with Crippen LogP contribution in [-0.2, 0) is 6.54 Å². The van der Waals surface area contributed by atoms with Crippen LogP contribution in [0.25, 0.3) is 11.1 Å². The maximum Gasteiger partial charge on any atom is 0.123 e. The van der Waals surface area contributed by atoms with Gasteiger partial charge >= 0.3 is 0 Å². The number of nitrogens with zero attached hydrogens (tertiary/aromatic N) is 2. The van der Waals surface area contributed by atoms with E-state index in [1.165, 1.54) is 5.57 Å². The summed E-state index contributed by atoms with van der Waals surface area (Å²) in [6, 6.07) is 3.38. The van der Waals surface area contributed by atoms with Crippen LogP contribution in [0.15, 0.2) is 42.1 Å². The number of rotatable bonds is 5. The van der Waals surface area contributed by atoms with Crippen LogP contribution in [-0.4, -0.2) is 31.7 Å². The summed E-state index contributed by atoms with van der Waals surface area (Å²) in [4.78, 5) is 0. The number of aliphatic hydroxyl groups is 1. The van der Waals surface area contributed by atoms with Crippen molar-refractivity contribution in [3.8, 4) is 22.6 Å². The minimum Gasteiger partial charge on any atom is -0.507 e. The third kappa shape index (κ3) is 3.78. The SMILES string of the molecule is C=C(C)[C@@H]1CCC(C)=C[C@H]1c1c(O)cc(-c2cn(CCO)nc2C)cc1O. The number of aromatic nitrogens is 2. The van der Waals surface area contributed by atoms with Crippen molar-refractivity contribution in [3.05, 3.63) is 53.4 Å². The molecule has 5 nitrogen and oxygen atoms in total. The van der Waals surface area contributed by atoms with Gasteiger partial charge in [-0.05, 0) is 57.2 Å². The topological polar surface area (TPSA) is 78.5 Å². The highest BCUT2D eigenvalue weighted by Crippen LogP contribution is 2.47. The molecule has 0 radical (unpaired) electrons. The molecule has 0 unspecified atom stereocenters. The zero-order valence-electron chi connectivity index (χ0n) is 16.2. The minimum absolute atomic E-state index is 0.00561. The summed E-state index contributed by atoms with van der Waals surface area (Å²) in [6.45, 7) is 10.5. The molecule has 2 atom stereocenters. The first-order chi connectivity index (χ1) is 12.8. The van der Waals surface area contributed by atoms with Crippen LogP contribution in [0.2, 0.25) is 0 Å². The van der Waals surface area contributed by atoms with Crippen molar-refractivity contribution in [1.82, 2.24) is 9.78 Å². The quantitative estimate of drug-likeness (QED) is 0.689. The van der Waals surface area contributed by atoms with Crippen LogP contribution >= 0.6 is 0 Å². The van der Waals surface area contributed by atoms with E-state index in [-0.39, 0.29) is 29.9 Å². The van der Waals surface area contributed by atoms with Gasteiger partial charge in [0.05, 0.1) is 18.8 Å². The van der Waals surface area contributed by atoms with Gasteiger partial charge in [0.1, 0.15) is 11.5 Å². The van der Waals surface area contributed by atoms with E-state index in [1.54, 1.807) is 16.8 Å². The molecule has 1 heterocycles. The van der Waals surface area contributed by atoms with Crippen molar-refractivity contribution >= 4 is 0 Å². The van der Waals surface area contributed by atoms with Crippen LogP contribution in [0.4, 0.5) is 0 Å². The molecule has 3 N–H and O–H groups in total. The van der Waals surface area contributed by atoms with Crippen molar-refractivity contribution in [1.29, 1.82) is 0 Å². The molecule has 0 amide bonds. The highest BCUT2D eigenvalue weighted by atomic mass is 16.3. The summed E-state index contributed by atoms with van der Waals surface area (Å²) in [5, 5.41) is 35.0. The Hall–Kier alpha value is -2.53. The second-order valence-electron chi connectivity index (χ2n) is 7.57. The monoisotopic (exact) mass is 368 g/mol. The van der Waals surface area contributed by atoms with E-state index in [9.17, 15) is 10.2 Å². The molecule has 27 heavy (non-hydrogen) atoms. The first-order valence-corrected chi connectivity index (χ1v) is 9.35. The molecule has 0 fully saturated rings. The Morgan fingerprint density at radius 1 is 1.26 bits per heavy atom. The second-order valence-corrected chi connectivity index (χ2v) is 7.57. The van der Waals surface area contributed by atoms with Crippen LogP contribution in [0.5, 0.6) is 11.5 Å². The van der Waals surface area contributed by atoms with Crippen molar-refractivity contribution in [2.75, 3.05) is 6.61 Å². The van der Waals surface area contributed by atoms with Crippen molar-refractivity contribution in [2.45, 2.75) is 46.1 Å². The van der Waals surface area contributed by atoms with Gasteiger partial charge in [-0.15, -0.1) is 0 Å². The lowest BCUT2D eigenvalue weighted by atomic mass is 9.73. The molecule has 0 bridgehead atoms. The number of hydrogen-bond donors (Lipinski definition) is 3. The molecule has 144 valence electrons. The molecule has 3 rings (SSSR count). The van der Waals surface area contributed by atoms with Crippen molar-refractivity contribution in [2.24, 2.45) is 5.92 Å². The maximum absolute atomic E-state index is 10.8. The number of phenols is 2. The van der Waals surface area contributed by atoms with Crippen LogP contribution < -0.4 is 0 Å². The Labute approximate surface area is 160 Å². The minimum atomic E-state index is -0.0801. The molecule has 5 heteroatoms. The highest BCUT2D eigenvalue weighted by Gasteiger charge is 2.30. The Bertz CT molecular complexity index is 872. The number of benzene rings is 1. The molecule has 1 aliphatic rings. The second kappa shape index (κ2) is 7.61. The van der Waals surface area contributed by atoms with Gasteiger partial charge in [0, 0.05) is 23.2 Å². The van der Waals surface area contributed by atoms with Gasteiger partial charge in [-0.3, -0.25) is 4.68 Å². The summed E-state index contributed by atoms with van der Waals surface area (Å²) in [6.07, 6.45) is 5.94. The van der Waals surface area contributed by atoms with Gasteiger partial charge in [0.25, 0.3) is 0 Å². The Kier molecular flexibility index (Phi) is 5.42. The average Bonchev–Trinajstić information content (AvgIpc) is 2.95. The summed E-state index contributed by atoms with van der Waals surface area (Å²) in [5.41, 5.74) is 5.20.